The molecule has 5 N–H and O–H groups in total. The van der Waals surface area contributed by atoms with E-state index in [4.69, 9.17) is 10.5 Å². The summed E-state index contributed by atoms with van der Waals surface area (Å²) in [4.78, 5) is 52.0. The highest BCUT2D eigenvalue weighted by molar-refractivity contribution is 5.92. The van der Waals surface area contributed by atoms with Gasteiger partial charge in [0, 0.05) is 18.5 Å². The number of carbonyl (C=O) groups excluding carboxylic acids is 4. The van der Waals surface area contributed by atoms with Gasteiger partial charge in [0.15, 0.2) is 0 Å². The Bertz CT molecular complexity index is 871. The number of alkyl carbamates (subject to hydrolysis) is 1. The van der Waals surface area contributed by atoms with E-state index in [9.17, 15) is 24.3 Å². The molecule has 0 bridgehead atoms. The van der Waals surface area contributed by atoms with Crippen molar-refractivity contribution in [1.82, 2.24) is 15.5 Å². The highest BCUT2D eigenvalue weighted by Gasteiger charge is 2.36. The zero-order valence-electron chi connectivity index (χ0n) is 21.1. The van der Waals surface area contributed by atoms with E-state index < -0.39 is 47.0 Å². The minimum atomic E-state index is -1.15. The third-order valence-electron chi connectivity index (χ3n) is 4.56. The molecule has 0 aliphatic rings. The molecule has 0 aliphatic carbocycles. The third kappa shape index (κ3) is 9.68. The summed E-state index contributed by atoms with van der Waals surface area (Å²) in [5.74, 6) is -1.62. The van der Waals surface area contributed by atoms with Gasteiger partial charge in [0.05, 0.1) is 0 Å². The molecule has 190 valence electrons. The molecule has 0 aromatic heterocycles. The number of nitrogens with zero attached hydrogens (tertiary/aromatic N) is 1. The topological polar surface area (TPSA) is 151 Å². The highest BCUT2D eigenvalue weighted by atomic mass is 16.6. The van der Waals surface area contributed by atoms with Crippen LogP contribution in [0.5, 0.6) is 5.75 Å². The van der Waals surface area contributed by atoms with Gasteiger partial charge in [0.25, 0.3) is 0 Å². The van der Waals surface area contributed by atoms with E-state index in [1.54, 1.807) is 39.8 Å². The largest absolute Gasteiger partial charge is 0.508 e. The smallest absolute Gasteiger partial charge is 0.408 e. The summed E-state index contributed by atoms with van der Waals surface area (Å²) in [5.41, 5.74) is 4.37. The van der Waals surface area contributed by atoms with E-state index in [-0.39, 0.29) is 25.1 Å². The van der Waals surface area contributed by atoms with Crippen molar-refractivity contribution < 1.29 is 29.0 Å². The van der Waals surface area contributed by atoms with Crippen LogP contribution in [0.15, 0.2) is 24.3 Å². The highest BCUT2D eigenvalue weighted by Crippen LogP contribution is 2.25. The van der Waals surface area contributed by atoms with Crippen molar-refractivity contribution in [1.29, 1.82) is 0 Å². The summed E-state index contributed by atoms with van der Waals surface area (Å²) in [7, 11) is 0. The Morgan fingerprint density at radius 2 is 1.62 bits per heavy atom. The fraction of sp³-hybridized carbons (Fsp3) is 0.583. The van der Waals surface area contributed by atoms with Gasteiger partial charge in [-0.2, -0.15) is 0 Å². The van der Waals surface area contributed by atoms with Crippen LogP contribution >= 0.6 is 0 Å². The molecule has 34 heavy (non-hydrogen) atoms. The average Bonchev–Trinajstić information content (AvgIpc) is 2.66. The first-order valence-corrected chi connectivity index (χ1v) is 11.2. The Kier molecular flexibility index (Phi) is 9.90. The number of nitrogens with one attached hydrogen (secondary N) is 2. The number of phenolic OH excluding ortho intramolecular Hbond substituents is 1. The number of carbonyl (C=O) groups is 4. The second kappa shape index (κ2) is 11.7. The number of rotatable bonds is 9. The van der Waals surface area contributed by atoms with Gasteiger partial charge in [-0.15, -0.1) is 0 Å². The van der Waals surface area contributed by atoms with Crippen molar-refractivity contribution in [3.63, 3.8) is 0 Å². The number of aromatic hydroxyl groups is 1. The molecule has 1 aromatic carbocycles. The number of benzene rings is 1. The second-order valence-corrected chi connectivity index (χ2v) is 10.1. The van der Waals surface area contributed by atoms with Crippen molar-refractivity contribution >= 4 is 23.8 Å². The molecule has 10 nitrogen and oxygen atoms in total. The van der Waals surface area contributed by atoms with Gasteiger partial charge in [-0.05, 0) is 72.6 Å². The number of likely N-dealkylation sites (N-methyl/N-ethyl adjacent to an activating group) is 1. The SMILES string of the molecule is CCN(C(=O)C(CCC(N)=O)NC(=O)OC(C)(C)C)C(C(=O)NC(C)(C)C)c1ccc(O)cc1. The van der Waals surface area contributed by atoms with Gasteiger partial charge >= 0.3 is 6.09 Å². The Morgan fingerprint density at radius 1 is 1.06 bits per heavy atom. The molecule has 0 spiro atoms. The fourth-order valence-electron chi connectivity index (χ4n) is 3.23. The van der Waals surface area contributed by atoms with Gasteiger partial charge in [-0.3, -0.25) is 14.4 Å². The van der Waals surface area contributed by atoms with Crippen LogP contribution in [0.4, 0.5) is 4.79 Å². The predicted molar refractivity (Wildman–Crippen MR) is 128 cm³/mol. The van der Waals surface area contributed by atoms with Crippen LogP contribution in [0.25, 0.3) is 0 Å². The zero-order valence-corrected chi connectivity index (χ0v) is 21.1. The van der Waals surface area contributed by atoms with Gasteiger partial charge in [0.1, 0.15) is 23.4 Å². The zero-order chi connectivity index (χ0) is 26.3. The monoisotopic (exact) mass is 478 g/mol. The van der Waals surface area contributed by atoms with Crippen LogP contribution in [0, 0.1) is 0 Å². The van der Waals surface area contributed by atoms with Crippen LogP contribution in [0.3, 0.4) is 0 Å². The molecule has 2 unspecified atom stereocenters. The maximum Gasteiger partial charge on any atom is 0.408 e. The number of hydrogen-bond acceptors (Lipinski definition) is 6. The van der Waals surface area contributed by atoms with Gasteiger partial charge < -0.3 is 31.1 Å². The molecule has 4 amide bonds. The van der Waals surface area contributed by atoms with E-state index in [0.717, 1.165) is 0 Å². The third-order valence-corrected chi connectivity index (χ3v) is 4.56. The Labute approximate surface area is 201 Å². The van der Waals surface area contributed by atoms with Crippen molar-refractivity contribution in [3.05, 3.63) is 29.8 Å². The van der Waals surface area contributed by atoms with Crippen molar-refractivity contribution in [3.8, 4) is 5.75 Å². The molecule has 1 aromatic rings. The molecule has 1 rings (SSSR count). The summed E-state index contributed by atoms with van der Waals surface area (Å²) < 4.78 is 5.27. The minimum Gasteiger partial charge on any atom is -0.508 e. The predicted octanol–water partition coefficient (Wildman–Crippen LogP) is 2.36. The summed E-state index contributed by atoms with van der Waals surface area (Å²) in [6.07, 6.45) is -1.04. The molecule has 0 radical (unpaired) electrons. The molecule has 0 saturated heterocycles. The van der Waals surface area contributed by atoms with Gasteiger partial charge in [-0.25, -0.2) is 4.79 Å². The number of primary amides is 1. The lowest BCUT2D eigenvalue weighted by molar-refractivity contribution is -0.143. The number of ether oxygens (including phenoxy) is 1. The molecule has 0 saturated carbocycles. The van der Waals surface area contributed by atoms with E-state index in [2.05, 4.69) is 10.6 Å². The average molecular weight is 479 g/mol. The molecule has 10 heteroatoms. The first-order chi connectivity index (χ1) is 15.5. The second-order valence-electron chi connectivity index (χ2n) is 10.1. The normalized spacial score (nSPS) is 13.4. The standard InChI is InChI=1S/C24H38N4O6/c1-8-28(19(20(31)27-23(2,3)4)15-9-11-16(29)12-10-15)21(32)17(13-14-18(25)30)26-22(33)34-24(5,6)7/h9-12,17,19,29H,8,13-14H2,1-7H3,(H2,25,30)(H,26,33)(H,27,31). The quantitative estimate of drug-likeness (QED) is 0.428. The molecule has 0 heterocycles. The van der Waals surface area contributed by atoms with Gasteiger partial charge in [0.2, 0.25) is 17.7 Å². The lowest BCUT2D eigenvalue weighted by atomic mass is 10.00. The van der Waals surface area contributed by atoms with Crippen LogP contribution in [0.2, 0.25) is 0 Å². The van der Waals surface area contributed by atoms with Gasteiger partial charge in [-0.1, -0.05) is 12.1 Å². The fourth-order valence-corrected chi connectivity index (χ4v) is 3.23. The van der Waals surface area contributed by atoms with Crippen LogP contribution in [-0.4, -0.2) is 57.5 Å². The summed E-state index contributed by atoms with van der Waals surface area (Å²) >= 11 is 0. The Hall–Kier alpha value is -3.30. The lowest BCUT2D eigenvalue weighted by Gasteiger charge is -2.35. The maximum absolute atomic E-state index is 13.6. The minimum absolute atomic E-state index is 0.0130. The lowest BCUT2D eigenvalue weighted by Crippen LogP contribution is -2.54. The number of amides is 4. The first-order valence-electron chi connectivity index (χ1n) is 11.2. The van der Waals surface area contributed by atoms with E-state index >= 15 is 0 Å². The van der Waals surface area contributed by atoms with E-state index in [0.29, 0.717) is 5.56 Å². The van der Waals surface area contributed by atoms with E-state index in [1.165, 1.54) is 17.0 Å². The summed E-state index contributed by atoms with van der Waals surface area (Å²) in [5, 5.41) is 15.1. The molecular weight excluding hydrogens is 440 g/mol. The van der Waals surface area contributed by atoms with Crippen molar-refractivity contribution in [2.24, 2.45) is 5.73 Å². The summed E-state index contributed by atoms with van der Waals surface area (Å²) in [6, 6.07) is 3.76. The maximum atomic E-state index is 13.6. The van der Waals surface area contributed by atoms with Crippen LogP contribution in [-0.2, 0) is 19.1 Å². The molecule has 0 aliphatic heterocycles. The molecule has 2 atom stereocenters. The Morgan fingerprint density at radius 3 is 2.06 bits per heavy atom. The van der Waals surface area contributed by atoms with Crippen molar-refractivity contribution in [2.75, 3.05) is 6.54 Å². The number of hydrogen-bond donors (Lipinski definition) is 4. The van der Waals surface area contributed by atoms with Crippen molar-refractivity contribution in [2.45, 2.75) is 84.5 Å². The number of phenols is 1. The number of nitrogens with two attached hydrogens (primary N) is 1. The summed E-state index contributed by atoms with van der Waals surface area (Å²) in [6.45, 7) is 12.3. The first kappa shape index (κ1) is 28.7. The molecule has 0 fully saturated rings. The van der Waals surface area contributed by atoms with Crippen LogP contribution in [0.1, 0.15) is 72.9 Å². The Balaban J connectivity index is 3.37. The molecular formula is C24H38N4O6. The van der Waals surface area contributed by atoms with Crippen LogP contribution < -0.4 is 16.4 Å². The van der Waals surface area contributed by atoms with E-state index in [1.807, 2.05) is 20.8 Å².